The summed E-state index contributed by atoms with van der Waals surface area (Å²) in [5.74, 6) is -7.77. The zero-order valence-electron chi connectivity index (χ0n) is 11.7. The van der Waals surface area contributed by atoms with Gasteiger partial charge in [0.25, 0.3) is 0 Å². The molecule has 0 N–H and O–H groups in total. The van der Waals surface area contributed by atoms with Crippen molar-refractivity contribution in [1.82, 2.24) is 0 Å². The molecule has 0 saturated carbocycles. The van der Waals surface area contributed by atoms with Crippen LogP contribution in [0, 0.1) is 0 Å². The Morgan fingerprint density at radius 2 is 1.30 bits per heavy atom. The van der Waals surface area contributed by atoms with Gasteiger partial charge in [-0.05, 0) is 17.7 Å². The summed E-state index contributed by atoms with van der Waals surface area (Å²) in [7, 11) is 0. The van der Waals surface area contributed by atoms with E-state index >= 15 is 0 Å². The number of amides is 1. The van der Waals surface area contributed by atoms with E-state index in [1.54, 1.807) is 24.3 Å². The SMILES string of the molecule is O=C(N(Cc1ccccc1)c1ccccc1)C(F)(F)C(F)(F)F. The monoisotopic (exact) mass is 329 g/mol. The number of carbonyl (C=O) groups excluding carboxylic acids is 1. The van der Waals surface area contributed by atoms with E-state index in [0.717, 1.165) is 0 Å². The summed E-state index contributed by atoms with van der Waals surface area (Å²) in [4.78, 5) is 12.3. The van der Waals surface area contributed by atoms with Crippen LogP contribution in [0.15, 0.2) is 60.7 Å². The highest BCUT2D eigenvalue weighted by Crippen LogP contribution is 2.38. The van der Waals surface area contributed by atoms with Crippen LogP contribution in [0.4, 0.5) is 27.6 Å². The fraction of sp³-hybridized carbons (Fsp3) is 0.188. The number of para-hydroxylation sites is 1. The lowest BCUT2D eigenvalue weighted by Crippen LogP contribution is -2.52. The first-order chi connectivity index (χ1) is 10.7. The van der Waals surface area contributed by atoms with Gasteiger partial charge < -0.3 is 4.90 Å². The van der Waals surface area contributed by atoms with Gasteiger partial charge in [-0.25, -0.2) is 0 Å². The summed E-state index contributed by atoms with van der Waals surface area (Å²) in [5, 5.41) is 0. The third-order valence-electron chi connectivity index (χ3n) is 3.12. The average Bonchev–Trinajstić information content (AvgIpc) is 2.52. The van der Waals surface area contributed by atoms with Gasteiger partial charge in [0.05, 0.1) is 6.54 Å². The molecule has 0 saturated heterocycles. The van der Waals surface area contributed by atoms with Gasteiger partial charge in [0.1, 0.15) is 0 Å². The number of rotatable bonds is 4. The molecule has 0 aromatic heterocycles. The smallest absolute Gasteiger partial charge is 0.302 e. The average molecular weight is 329 g/mol. The van der Waals surface area contributed by atoms with Crippen LogP contribution in [0.5, 0.6) is 0 Å². The standard InChI is InChI=1S/C16H12F5NO/c17-15(18,16(19,20)21)14(23)22(13-9-5-2-6-10-13)11-12-7-3-1-4-8-12/h1-10H,11H2. The highest BCUT2D eigenvalue weighted by Gasteiger charge is 2.64. The van der Waals surface area contributed by atoms with Gasteiger partial charge >= 0.3 is 18.0 Å². The summed E-state index contributed by atoms with van der Waals surface area (Å²) in [5.41, 5.74) is 0.396. The first-order valence-corrected chi connectivity index (χ1v) is 6.59. The van der Waals surface area contributed by atoms with Gasteiger partial charge in [-0.15, -0.1) is 0 Å². The second kappa shape index (κ2) is 6.36. The second-order valence-corrected chi connectivity index (χ2v) is 4.78. The molecule has 0 fully saturated rings. The lowest BCUT2D eigenvalue weighted by molar-refractivity contribution is -0.268. The quantitative estimate of drug-likeness (QED) is 0.761. The largest absolute Gasteiger partial charge is 0.463 e. The molecule has 0 atom stereocenters. The fourth-order valence-electron chi connectivity index (χ4n) is 1.95. The lowest BCUT2D eigenvalue weighted by Gasteiger charge is -2.28. The van der Waals surface area contributed by atoms with Crippen LogP contribution in [-0.2, 0) is 11.3 Å². The zero-order chi connectivity index (χ0) is 17.1. The molecule has 7 heteroatoms. The van der Waals surface area contributed by atoms with Crippen molar-refractivity contribution in [3.05, 3.63) is 66.2 Å². The molecule has 0 aliphatic carbocycles. The van der Waals surface area contributed by atoms with Crippen LogP contribution in [-0.4, -0.2) is 18.0 Å². The van der Waals surface area contributed by atoms with Gasteiger partial charge in [0, 0.05) is 5.69 Å². The molecule has 0 unspecified atom stereocenters. The Balaban J connectivity index is 2.40. The van der Waals surface area contributed by atoms with Crippen molar-refractivity contribution in [3.63, 3.8) is 0 Å². The number of alkyl halides is 5. The Kier molecular flexibility index (Phi) is 4.68. The number of hydrogen-bond acceptors (Lipinski definition) is 1. The molecule has 0 heterocycles. The van der Waals surface area contributed by atoms with Crippen molar-refractivity contribution < 1.29 is 26.7 Å². The van der Waals surface area contributed by atoms with E-state index in [2.05, 4.69) is 0 Å². The summed E-state index contributed by atoms with van der Waals surface area (Å²) in [6.45, 7) is -0.393. The predicted octanol–water partition coefficient (Wildman–Crippen LogP) is 4.42. The highest BCUT2D eigenvalue weighted by molar-refractivity contribution is 5.98. The lowest BCUT2D eigenvalue weighted by atomic mass is 10.1. The van der Waals surface area contributed by atoms with Crippen LogP contribution in [0.2, 0.25) is 0 Å². The summed E-state index contributed by atoms with van der Waals surface area (Å²) < 4.78 is 64.4. The van der Waals surface area contributed by atoms with Crippen LogP contribution in [0.25, 0.3) is 0 Å². The summed E-state index contributed by atoms with van der Waals surface area (Å²) >= 11 is 0. The van der Waals surface area contributed by atoms with E-state index in [0.29, 0.717) is 10.5 Å². The Morgan fingerprint density at radius 3 is 1.78 bits per heavy atom. The molecule has 0 radical (unpaired) electrons. The van der Waals surface area contributed by atoms with Crippen molar-refractivity contribution in [2.45, 2.75) is 18.6 Å². The first kappa shape index (κ1) is 16.9. The van der Waals surface area contributed by atoms with Gasteiger partial charge in [0.2, 0.25) is 0 Å². The Morgan fingerprint density at radius 1 is 0.826 bits per heavy atom. The van der Waals surface area contributed by atoms with E-state index in [1.165, 1.54) is 36.4 Å². The van der Waals surface area contributed by atoms with Crippen LogP contribution in [0.1, 0.15) is 5.56 Å². The number of hydrogen-bond donors (Lipinski definition) is 0. The molecule has 122 valence electrons. The number of halogens is 5. The van der Waals surface area contributed by atoms with E-state index in [-0.39, 0.29) is 5.69 Å². The molecule has 0 aliphatic rings. The molecule has 2 aromatic carbocycles. The van der Waals surface area contributed by atoms with E-state index in [4.69, 9.17) is 0 Å². The van der Waals surface area contributed by atoms with E-state index in [1.807, 2.05) is 0 Å². The third-order valence-corrected chi connectivity index (χ3v) is 3.12. The topological polar surface area (TPSA) is 20.3 Å². The molecule has 1 amide bonds. The molecule has 2 nitrogen and oxygen atoms in total. The zero-order valence-corrected chi connectivity index (χ0v) is 11.7. The minimum absolute atomic E-state index is 0.0368. The molecule has 2 rings (SSSR count). The van der Waals surface area contributed by atoms with Gasteiger partial charge in [-0.2, -0.15) is 22.0 Å². The molecule has 0 aliphatic heterocycles. The predicted molar refractivity (Wildman–Crippen MR) is 75.1 cm³/mol. The minimum atomic E-state index is -5.95. The normalized spacial score (nSPS) is 12.0. The van der Waals surface area contributed by atoms with Crippen molar-refractivity contribution in [1.29, 1.82) is 0 Å². The summed E-state index contributed by atoms with van der Waals surface area (Å²) in [6, 6.07) is 15.0. The Bertz CT molecular complexity index is 655. The number of benzene rings is 2. The molecular weight excluding hydrogens is 317 g/mol. The molecule has 0 bridgehead atoms. The van der Waals surface area contributed by atoms with Gasteiger partial charge in [-0.3, -0.25) is 4.79 Å². The van der Waals surface area contributed by atoms with Crippen LogP contribution >= 0.6 is 0 Å². The third kappa shape index (κ3) is 3.67. The van der Waals surface area contributed by atoms with Crippen LogP contribution < -0.4 is 4.90 Å². The Hall–Kier alpha value is -2.44. The molecule has 0 spiro atoms. The maximum absolute atomic E-state index is 13.4. The van der Waals surface area contributed by atoms with Gasteiger partial charge in [-0.1, -0.05) is 48.5 Å². The van der Waals surface area contributed by atoms with E-state index in [9.17, 15) is 26.7 Å². The van der Waals surface area contributed by atoms with Crippen molar-refractivity contribution in [2.75, 3.05) is 4.90 Å². The number of carbonyl (C=O) groups is 1. The van der Waals surface area contributed by atoms with E-state index < -0.39 is 24.6 Å². The molecule has 2 aromatic rings. The van der Waals surface area contributed by atoms with Crippen LogP contribution in [0.3, 0.4) is 0 Å². The number of anilines is 1. The number of nitrogens with zero attached hydrogens (tertiary/aromatic N) is 1. The maximum atomic E-state index is 13.4. The molecule has 23 heavy (non-hydrogen) atoms. The Labute approximate surface area is 129 Å². The van der Waals surface area contributed by atoms with Crippen molar-refractivity contribution in [3.8, 4) is 0 Å². The first-order valence-electron chi connectivity index (χ1n) is 6.59. The highest BCUT2D eigenvalue weighted by atomic mass is 19.4. The summed E-state index contributed by atoms with van der Waals surface area (Å²) in [6.07, 6.45) is -5.95. The second-order valence-electron chi connectivity index (χ2n) is 4.78. The fourth-order valence-corrected chi connectivity index (χ4v) is 1.95. The van der Waals surface area contributed by atoms with Crippen molar-refractivity contribution in [2.24, 2.45) is 0 Å². The minimum Gasteiger partial charge on any atom is -0.302 e. The van der Waals surface area contributed by atoms with Gasteiger partial charge in [0.15, 0.2) is 0 Å². The molecular formula is C16H12F5NO. The maximum Gasteiger partial charge on any atom is 0.463 e. The van der Waals surface area contributed by atoms with Crippen molar-refractivity contribution >= 4 is 11.6 Å².